The van der Waals surface area contributed by atoms with Crippen molar-refractivity contribution in [1.29, 1.82) is 0 Å². The zero-order valence-electron chi connectivity index (χ0n) is 19.0. The van der Waals surface area contributed by atoms with E-state index in [-0.39, 0.29) is 12.1 Å². The number of rotatable bonds is 9. The number of hydrogen-bond donors (Lipinski definition) is 1. The summed E-state index contributed by atoms with van der Waals surface area (Å²) in [6, 6.07) is 5.27. The Balaban J connectivity index is 1.64. The Morgan fingerprint density at radius 2 is 2.03 bits per heavy atom. The number of nitrogens with zero attached hydrogens (tertiary/aromatic N) is 6. The van der Waals surface area contributed by atoms with E-state index in [2.05, 4.69) is 29.9 Å². The lowest BCUT2D eigenvalue weighted by atomic mass is 10.1. The lowest BCUT2D eigenvalue weighted by Gasteiger charge is -2.21. The predicted octanol–water partition coefficient (Wildman–Crippen LogP) is 2.91. The number of halogens is 1. The molecule has 0 aromatic carbocycles. The van der Waals surface area contributed by atoms with Crippen molar-refractivity contribution in [2.75, 3.05) is 18.4 Å². The molecule has 0 saturated carbocycles. The van der Waals surface area contributed by atoms with Crippen LogP contribution in [0.15, 0.2) is 30.6 Å². The van der Waals surface area contributed by atoms with E-state index >= 15 is 0 Å². The molecule has 1 N–H and O–H groups in total. The Kier molecular flexibility index (Phi) is 7.29. The number of nitrogens with one attached hydrogen (secondary N) is 1. The van der Waals surface area contributed by atoms with Gasteiger partial charge in [-0.15, -0.1) is 10.2 Å². The van der Waals surface area contributed by atoms with Crippen molar-refractivity contribution in [2.45, 2.75) is 50.5 Å². The third kappa shape index (κ3) is 5.29. The fourth-order valence-electron chi connectivity index (χ4n) is 3.64. The van der Waals surface area contributed by atoms with E-state index in [1.54, 1.807) is 36.6 Å². The molecule has 4 heterocycles. The molecule has 4 rings (SSSR count). The molecular weight excluding hydrogens is 482 g/mol. The van der Waals surface area contributed by atoms with Crippen LogP contribution in [0.5, 0.6) is 5.88 Å². The molecule has 3 atom stereocenters. The lowest BCUT2D eigenvalue weighted by molar-refractivity contribution is 0.0977. The second kappa shape index (κ2) is 10.2. The largest absolute Gasteiger partial charge is 0.481 e. The number of sulfonamides is 1. The average Bonchev–Trinajstić information content (AvgIpc) is 3.49. The number of anilines is 1. The van der Waals surface area contributed by atoms with Gasteiger partial charge in [0.25, 0.3) is 0 Å². The number of pyridine rings is 1. The quantitative estimate of drug-likeness (QED) is 0.463. The van der Waals surface area contributed by atoms with E-state index in [4.69, 9.17) is 21.1 Å². The second-order valence-corrected chi connectivity index (χ2v) is 10.5. The maximum absolute atomic E-state index is 13.3. The normalized spacial score (nSPS) is 17.9. The van der Waals surface area contributed by atoms with E-state index in [9.17, 15) is 8.42 Å². The van der Waals surface area contributed by atoms with Gasteiger partial charge in [-0.2, -0.15) is 0 Å². The summed E-state index contributed by atoms with van der Waals surface area (Å²) >= 11 is 5.86. The van der Waals surface area contributed by atoms with Crippen LogP contribution in [0, 0.1) is 0 Å². The molecule has 34 heavy (non-hydrogen) atoms. The average molecular weight is 508 g/mol. The summed E-state index contributed by atoms with van der Waals surface area (Å²) in [5, 5.41) is 7.89. The lowest BCUT2D eigenvalue weighted by Crippen LogP contribution is -2.32. The molecular formula is C21H26ClN7O4S. The van der Waals surface area contributed by atoms with Crippen LogP contribution in [0.3, 0.4) is 0 Å². The van der Waals surface area contributed by atoms with Gasteiger partial charge in [-0.1, -0.05) is 24.6 Å². The maximum atomic E-state index is 13.3. The van der Waals surface area contributed by atoms with E-state index in [0.717, 1.165) is 12.8 Å². The number of aromatic nitrogens is 6. The van der Waals surface area contributed by atoms with Gasteiger partial charge in [-0.25, -0.2) is 23.4 Å². The zero-order chi connectivity index (χ0) is 24.3. The van der Waals surface area contributed by atoms with Crippen molar-refractivity contribution in [3.8, 4) is 17.4 Å². The van der Waals surface area contributed by atoms with Crippen molar-refractivity contribution in [2.24, 2.45) is 0 Å². The minimum absolute atomic E-state index is 0.0811. The Morgan fingerprint density at radius 1 is 1.26 bits per heavy atom. The molecule has 0 amide bonds. The molecule has 0 radical (unpaired) electrons. The van der Waals surface area contributed by atoms with Gasteiger partial charge < -0.3 is 9.47 Å². The van der Waals surface area contributed by atoms with Gasteiger partial charge in [0.1, 0.15) is 11.5 Å². The van der Waals surface area contributed by atoms with Gasteiger partial charge in [0.15, 0.2) is 5.82 Å². The first-order valence-corrected chi connectivity index (χ1v) is 12.8. The summed E-state index contributed by atoms with van der Waals surface area (Å²) in [7, 11) is -2.36. The maximum Gasteiger partial charge on any atom is 0.238 e. The highest BCUT2D eigenvalue weighted by atomic mass is 35.5. The number of hydrogen-bond acceptors (Lipinski definition) is 9. The van der Waals surface area contributed by atoms with Gasteiger partial charge in [0.05, 0.1) is 30.0 Å². The molecule has 1 aliphatic rings. The third-order valence-corrected chi connectivity index (χ3v) is 7.85. The molecule has 1 aliphatic heterocycles. The van der Waals surface area contributed by atoms with Crippen LogP contribution in [-0.4, -0.2) is 63.2 Å². The van der Waals surface area contributed by atoms with Crippen molar-refractivity contribution in [1.82, 2.24) is 29.7 Å². The molecule has 2 unspecified atom stereocenters. The van der Waals surface area contributed by atoms with Crippen LogP contribution in [0.25, 0.3) is 11.5 Å². The van der Waals surface area contributed by atoms with Crippen LogP contribution in [0.1, 0.15) is 38.4 Å². The molecule has 0 bridgehead atoms. The van der Waals surface area contributed by atoms with Gasteiger partial charge in [-0.3, -0.25) is 9.29 Å². The molecule has 3 aromatic rings. The monoisotopic (exact) mass is 507 g/mol. The SMILES string of the molecule is COc1cccc(-c2nnc(NS(=O)(=O)C(C)C(C)c3ncc(Cl)cn3)n2C[C@@H]2CCCO2)n1. The van der Waals surface area contributed by atoms with Gasteiger partial charge in [0, 0.05) is 31.0 Å². The Labute approximate surface area is 203 Å². The van der Waals surface area contributed by atoms with E-state index < -0.39 is 21.2 Å². The smallest absolute Gasteiger partial charge is 0.238 e. The Hall–Kier alpha value is -2.83. The standard InChI is InChI=1S/C21H26ClN7O4S/c1-13(19-23-10-15(22)11-24-19)14(2)34(30,31)28-21-27-26-20(17-7-4-8-18(25-17)32-3)29(21)12-16-6-5-9-33-16/h4,7-8,10-11,13-14,16H,5-6,9,12H2,1-3H3,(H,27,28)/t13?,14?,16-/m0/s1. The second-order valence-electron chi connectivity index (χ2n) is 8.06. The zero-order valence-corrected chi connectivity index (χ0v) is 20.6. The fraction of sp³-hybridized carbons (Fsp3) is 0.476. The Bertz CT molecular complexity index is 1230. The first-order valence-electron chi connectivity index (χ1n) is 10.8. The van der Waals surface area contributed by atoms with Crippen molar-refractivity contribution < 1.29 is 17.9 Å². The molecule has 3 aromatic heterocycles. The summed E-state index contributed by atoms with van der Waals surface area (Å²) < 4.78 is 41.8. The van der Waals surface area contributed by atoms with Crippen LogP contribution >= 0.6 is 11.6 Å². The molecule has 11 nitrogen and oxygen atoms in total. The van der Waals surface area contributed by atoms with Crippen LogP contribution in [-0.2, 0) is 21.3 Å². The summed E-state index contributed by atoms with van der Waals surface area (Å²) in [5.74, 6) is 0.796. The van der Waals surface area contributed by atoms with E-state index in [1.165, 1.54) is 19.5 Å². The van der Waals surface area contributed by atoms with Gasteiger partial charge in [-0.05, 0) is 25.8 Å². The van der Waals surface area contributed by atoms with Crippen molar-refractivity contribution >= 4 is 27.6 Å². The van der Waals surface area contributed by atoms with Gasteiger partial charge in [0.2, 0.25) is 21.9 Å². The van der Waals surface area contributed by atoms with Crippen LogP contribution in [0.4, 0.5) is 5.95 Å². The van der Waals surface area contributed by atoms with Crippen LogP contribution < -0.4 is 9.46 Å². The third-order valence-electron chi connectivity index (χ3n) is 5.80. The fourth-order valence-corrected chi connectivity index (χ4v) is 4.99. The van der Waals surface area contributed by atoms with E-state index in [1.807, 2.05) is 0 Å². The van der Waals surface area contributed by atoms with Gasteiger partial charge >= 0.3 is 0 Å². The topological polar surface area (TPSA) is 134 Å². The van der Waals surface area contributed by atoms with Crippen molar-refractivity contribution in [3.05, 3.63) is 41.4 Å². The first kappa shape index (κ1) is 24.3. The Morgan fingerprint density at radius 3 is 2.71 bits per heavy atom. The minimum atomic E-state index is -3.88. The first-order chi connectivity index (χ1) is 16.3. The predicted molar refractivity (Wildman–Crippen MR) is 126 cm³/mol. The van der Waals surface area contributed by atoms with Crippen LogP contribution in [0.2, 0.25) is 5.02 Å². The number of methoxy groups -OCH3 is 1. The molecule has 1 fully saturated rings. The molecule has 182 valence electrons. The summed E-state index contributed by atoms with van der Waals surface area (Å²) in [5.41, 5.74) is 0.506. The minimum Gasteiger partial charge on any atom is -0.481 e. The summed E-state index contributed by atoms with van der Waals surface area (Å²) in [6.07, 6.45) is 4.60. The highest BCUT2D eigenvalue weighted by Gasteiger charge is 2.32. The highest BCUT2D eigenvalue weighted by Crippen LogP contribution is 2.27. The van der Waals surface area contributed by atoms with Crippen molar-refractivity contribution in [3.63, 3.8) is 0 Å². The number of ether oxygens (including phenoxy) is 2. The molecule has 13 heteroatoms. The summed E-state index contributed by atoms with van der Waals surface area (Å²) in [4.78, 5) is 12.7. The summed E-state index contributed by atoms with van der Waals surface area (Å²) in [6.45, 7) is 4.38. The van der Waals surface area contributed by atoms with E-state index in [0.29, 0.717) is 41.4 Å². The highest BCUT2D eigenvalue weighted by molar-refractivity contribution is 7.93. The molecule has 0 aliphatic carbocycles. The molecule has 0 spiro atoms. The molecule has 1 saturated heterocycles.